The molecule has 0 amide bonds. The maximum atomic E-state index is 11.7. The number of nitrogens with one attached hydrogen (secondary N) is 1. The van der Waals surface area contributed by atoms with Crippen molar-refractivity contribution in [3.63, 3.8) is 0 Å². The highest BCUT2D eigenvalue weighted by molar-refractivity contribution is 7.89. The lowest BCUT2D eigenvalue weighted by molar-refractivity contribution is -0.137. The Morgan fingerprint density at radius 2 is 2.21 bits per heavy atom. The number of rotatable bonds is 8. The van der Waals surface area contributed by atoms with Crippen molar-refractivity contribution >= 4 is 16.0 Å². The predicted molar refractivity (Wildman–Crippen MR) is 71.1 cm³/mol. The molecule has 0 fully saturated rings. The number of hydrogen-bond acceptors (Lipinski definition) is 4. The van der Waals surface area contributed by atoms with Crippen molar-refractivity contribution in [2.45, 2.75) is 19.8 Å². The Bertz CT molecular complexity index is 502. The molecule has 0 bridgehead atoms. The fraction of sp³-hybridized carbons (Fsp3) is 0.500. The predicted octanol–water partition coefficient (Wildman–Crippen LogP) is 0.654. The van der Waals surface area contributed by atoms with Crippen LogP contribution in [0.3, 0.4) is 0 Å². The highest BCUT2D eigenvalue weighted by Crippen LogP contribution is 2.02. The van der Waals surface area contributed by atoms with Crippen LogP contribution >= 0.6 is 0 Å². The van der Waals surface area contributed by atoms with Gasteiger partial charge in [-0.3, -0.25) is 9.78 Å². The van der Waals surface area contributed by atoms with Crippen LogP contribution in [-0.4, -0.2) is 36.8 Å². The summed E-state index contributed by atoms with van der Waals surface area (Å²) in [5.41, 5.74) is 0.714. The molecular weight excluding hydrogens is 268 g/mol. The van der Waals surface area contributed by atoms with Gasteiger partial charge in [-0.2, -0.15) is 0 Å². The molecule has 0 saturated heterocycles. The van der Waals surface area contributed by atoms with E-state index in [2.05, 4.69) is 9.71 Å². The molecule has 0 aromatic carbocycles. The van der Waals surface area contributed by atoms with Crippen molar-refractivity contribution in [2.75, 3.05) is 12.3 Å². The smallest absolute Gasteiger partial charge is 0.303 e. The molecule has 0 saturated carbocycles. The third-order valence-corrected chi connectivity index (χ3v) is 3.88. The molecule has 0 aliphatic carbocycles. The third-order valence-electron chi connectivity index (χ3n) is 2.53. The lowest BCUT2D eigenvalue weighted by atomic mass is 10.1. The van der Waals surface area contributed by atoms with E-state index in [4.69, 9.17) is 5.11 Å². The van der Waals surface area contributed by atoms with Gasteiger partial charge in [-0.1, -0.05) is 13.0 Å². The Kier molecular flexibility index (Phi) is 5.91. The lowest BCUT2D eigenvalue weighted by Gasteiger charge is -2.10. The fourth-order valence-corrected chi connectivity index (χ4v) is 2.66. The van der Waals surface area contributed by atoms with Crippen molar-refractivity contribution < 1.29 is 18.3 Å². The molecule has 6 nitrogen and oxygen atoms in total. The Hall–Kier alpha value is -1.47. The van der Waals surface area contributed by atoms with E-state index in [0.29, 0.717) is 12.1 Å². The van der Waals surface area contributed by atoms with Gasteiger partial charge in [0.1, 0.15) is 0 Å². The van der Waals surface area contributed by atoms with Gasteiger partial charge in [0.05, 0.1) is 5.75 Å². The first-order chi connectivity index (χ1) is 8.89. The van der Waals surface area contributed by atoms with Gasteiger partial charge in [-0.15, -0.1) is 0 Å². The van der Waals surface area contributed by atoms with Crippen LogP contribution in [0.2, 0.25) is 0 Å². The second-order valence-electron chi connectivity index (χ2n) is 4.44. The summed E-state index contributed by atoms with van der Waals surface area (Å²) < 4.78 is 25.8. The van der Waals surface area contributed by atoms with E-state index in [1.165, 1.54) is 0 Å². The number of carbonyl (C=O) groups is 1. The standard InChI is InChI=1S/C12H18N2O4S/c1-10(8-12(15)16)9-14-19(17,18)7-5-11-4-2-3-6-13-11/h2-4,6,10,14H,5,7-9H2,1H3,(H,15,16). The lowest BCUT2D eigenvalue weighted by Crippen LogP contribution is -2.31. The van der Waals surface area contributed by atoms with E-state index in [-0.39, 0.29) is 24.6 Å². The van der Waals surface area contributed by atoms with Gasteiger partial charge in [0.15, 0.2) is 0 Å². The Morgan fingerprint density at radius 3 is 2.79 bits per heavy atom. The molecule has 2 N–H and O–H groups in total. The number of sulfonamides is 1. The van der Waals surface area contributed by atoms with Gasteiger partial charge < -0.3 is 5.11 Å². The SMILES string of the molecule is CC(CNS(=O)(=O)CCc1ccccn1)CC(=O)O. The zero-order valence-corrected chi connectivity index (χ0v) is 11.6. The van der Waals surface area contributed by atoms with Crippen molar-refractivity contribution in [1.29, 1.82) is 0 Å². The van der Waals surface area contributed by atoms with Crippen molar-refractivity contribution in [3.8, 4) is 0 Å². The molecule has 19 heavy (non-hydrogen) atoms. The van der Waals surface area contributed by atoms with Crippen LogP contribution < -0.4 is 4.72 Å². The fourth-order valence-electron chi connectivity index (χ4n) is 1.50. The minimum absolute atomic E-state index is 0.0518. The van der Waals surface area contributed by atoms with E-state index >= 15 is 0 Å². The second-order valence-corrected chi connectivity index (χ2v) is 6.37. The molecule has 1 atom stereocenters. The molecule has 7 heteroatoms. The van der Waals surface area contributed by atoms with Crippen LogP contribution in [0, 0.1) is 5.92 Å². The molecule has 106 valence electrons. The van der Waals surface area contributed by atoms with Gasteiger partial charge in [0.25, 0.3) is 0 Å². The summed E-state index contributed by atoms with van der Waals surface area (Å²) in [7, 11) is -3.39. The first kappa shape index (κ1) is 15.6. The normalized spacial score (nSPS) is 13.1. The number of carboxylic acids is 1. The topological polar surface area (TPSA) is 96.4 Å². The highest BCUT2D eigenvalue weighted by atomic mass is 32.2. The largest absolute Gasteiger partial charge is 0.481 e. The molecule has 1 rings (SSSR count). The zero-order chi connectivity index (χ0) is 14.3. The maximum absolute atomic E-state index is 11.7. The van der Waals surface area contributed by atoms with E-state index in [1.807, 2.05) is 0 Å². The van der Waals surface area contributed by atoms with Crippen LogP contribution in [0.1, 0.15) is 19.0 Å². The number of aromatic nitrogens is 1. The average Bonchev–Trinajstić information content (AvgIpc) is 2.35. The summed E-state index contributed by atoms with van der Waals surface area (Å²) >= 11 is 0. The van der Waals surface area contributed by atoms with E-state index in [9.17, 15) is 13.2 Å². The van der Waals surface area contributed by atoms with Crippen LogP contribution in [-0.2, 0) is 21.2 Å². The third kappa shape index (κ3) is 6.88. The molecular formula is C12H18N2O4S. The summed E-state index contributed by atoms with van der Waals surface area (Å²) in [5.74, 6) is -1.22. The van der Waals surface area contributed by atoms with E-state index in [0.717, 1.165) is 0 Å². The summed E-state index contributed by atoms with van der Waals surface area (Å²) in [6.45, 7) is 1.83. The molecule has 0 radical (unpaired) electrons. The molecule has 1 aromatic rings. The number of carboxylic acid groups (broad SMARTS) is 1. The van der Waals surface area contributed by atoms with Crippen LogP contribution in [0.15, 0.2) is 24.4 Å². The Labute approximate surface area is 112 Å². The molecule has 1 aromatic heterocycles. The number of aliphatic carboxylic acids is 1. The first-order valence-electron chi connectivity index (χ1n) is 5.98. The summed E-state index contributed by atoms with van der Waals surface area (Å²) in [5, 5.41) is 8.58. The highest BCUT2D eigenvalue weighted by Gasteiger charge is 2.14. The molecule has 0 aliphatic rings. The van der Waals surface area contributed by atoms with Crippen LogP contribution in [0.4, 0.5) is 0 Å². The van der Waals surface area contributed by atoms with Crippen LogP contribution in [0.25, 0.3) is 0 Å². The van der Waals surface area contributed by atoms with Gasteiger partial charge >= 0.3 is 5.97 Å². The van der Waals surface area contributed by atoms with Crippen molar-refractivity contribution in [2.24, 2.45) is 5.92 Å². The van der Waals surface area contributed by atoms with Crippen molar-refractivity contribution in [1.82, 2.24) is 9.71 Å². The van der Waals surface area contributed by atoms with E-state index < -0.39 is 16.0 Å². The zero-order valence-electron chi connectivity index (χ0n) is 10.7. The monoisotopic (exact) mass is 286 g/mol. The summed E-state index contributed by atoms with van der Waals surface area (Å²) in [6.07, 6.45) is 1.90. The van der Waals surface area contributed by atoms with Gasteiger partial charge in [-0.25, -0.2) is 13.1 Å². The van der Waals surface area contributed by atoms with Crippen LogP contribution in [0.5, 0.6) is 0 Å². The van der Waals surface area contributed by atoms with Gasteiger partial charge in [0, 0.05) is 31.3 Å². The summed E-state index contributed by atoms with van der Waals surface area (Å²) in [4.78, 5) is 14.5. The average molecular weight is 286 g/mol. The quantitative estimate of drug-likeness (QED) is 0.731. The number of nitrogens with zero attached hydrogens (tertiary/aromatic N) is 1. The van der Waals surface area contributed by atoms with Gasteiger partial charge in [-0.05, 0) is 18.1 Å². The molecule has 0 spiro atoms. The number of hydrogen-bond donors (Lipinski definition) is 2. The Balaban J connectivity index is 2.38. The molecule has 0 aliphatic heterocycles. The van der Waals surface area contributed by atoms with Crippen molar-refractivity contribution in [3.05, 3.63) is 30.1 Å². The van der Waals surface area contributed by atoms with Gasteiger partial charge in [0.2, 0.25) is 10.0 Å². The minimum atomic E-state index is -3.39. The minimum Gasteiger partial charge on any atom is -0.481 e. The van der Waals surface area contributed by atoms with E-state index in [1.54, 1.807) is 31.3 Å². The molecule has 1 unspecified atom stereocenters. The second kappa shape index (κ2) is 7.20. The molecule has 1 heterocycles. The Morgan fingerprint density at radius 1 is 1.47 bits per heavy atom. The number of aryl methyl sites for hydroxylation is 1. The maximum Gasteiger partial charge on any atom is 0.303 e. The first-order valence-corrected chi connectivity index (χ1v) is 7.63. The summed E-state index contributed by atoms with van der Waals surface area (Å²) in [6, 6.07) is 5.34. The number of pyridine rings is 1.